The van der Waals surface area contributed by atoms with Crippen LogP contribution in [0.15, 0.2) is 48.5 Å². The van der Waals surface area contributed by atoms with Crippen molar-refractivity contribution in [2.24, 2.45) is 0 Å². The van der Waals surface area contributed by atoms with Gasteiger partial charge < -0.3 is 14.8 Å². The van der Waals surface area contributed by atoms with Crippen LogP contribution in [0.1, 0.15) is 55.6 Å². The molecule has 0 spiro atoms. The maximum atomic E-state index is 12.3. The second-order valence-corrected chi connectivity index (χ2v) is 5.96. The molecule has 2 aromatic carbocycles. The number of amides is 1. The summed E-state index contributed by atoms with van der Waals surface area (Å²) < 4.78 is 11.6. The lowest BCUT2D eigenvalue weighted by Crippen LogP contribution is -2.26. The third-order valence-corrected chi connectivity index (χ3v) is 3.77. The van der Waals surface area contributed by atoms with Crippen LogP contribution in [0.25, 0.3) is 0 Å². The number of nitrogens with one attached hydrogen (secondary N) is 1. The van der Waals surface area contributed by atoms with E-state index in [1.807, 2.05) is 43.3 Å². The first kappa shape index (κ1) is 18.8. The fraction of sp³-hybridized carbons (Fsp3) is 0.381. The molecule has 1 atom stereocenters. The van der Waals surface area contributed by atoms with Crippen molar-refractivity contribution >= 4 is 5.91 Å². The fourth-order valence-corrected chi connectivity index (χ4v) is 2.40. The summed E-state index contributed by atoms with van der Waals surface area (Å²) in [5, 5.41) is 3.02. The molecule has 0 radical (unpaired) electrons. The molecule has 0 saturated carbocycles. The summed E-state index contributed by atoms with van der Waals surface area (Å²) in [5.74, 6) is 1.39. The zero-order valence-corrected chi connectivity index (χ0v) is 15.2. The monoisotopic (exact) mass is 341 g/mol. The number of hydrogen-bond donors (Lipinski definition) is 1. The minimum atomic E-state index is -0.128. The van der Waals surface area contributed by atoms with Crippen LogP contribution in [0.3, 0.4) is 0 Å². The molecule has 4 nitrogen and oxygen atoms in total. The first-order valence-electron chi connectivity index (χ1n) is 8.91. The molecule has 0 aliphatic heterocycles. The number of benzene rings is 2. The van der Waals surface area contributed by atoms with Gasteiger partial charge in [-0.15, -0.1) is 0 Å². The summed E-state index contributed by atoms with van der Waals surface area (Å²) in [6.07, 6.45) is 1.87. The molecule has 0 fully saturated rings. The van der Waals surface area contributed by atoms with Gasteiger partial charge >= 0.3 is 0 Å². The second kappa shape index (κ2) is 9.72. The van der Waals surface area contributed by atoms with Gasteiger partial charge in [0.15, 0.2) is 11.5 Å². The van der Waals surface area contributed by atoms with Crippen LogP contribution in [0.5, 0.6) is 11.5 Å². The summed E-state index contributed by atoms with van der Waals surface area (Å²) in [5.41, 5.74) is 1.64. The molecule has 0 aromatic heterocycles. The minimum absolute atomic E-state index is 0.0876. The van der Waals surface area contributed by atoms with Crippen LogP contribution in [-0.4, -0.2) is 19.1 Å². The average Bonchev–Trinajstić information content (AvgIpc) is 2.65. The number of carbonyl (C=O) groups excluding carboxylic acids is 1. The SMILES string of the molecule is CCCOc1ccc([C@@H](C)NC(=O)c2ccccc2)cc1OCCC. The van der Waals surface area contributed by atoms with Crippen molar-refractivity contribution in [2.45, 2.75) is 39.7 Å². The Morgan fingerprint density at radius 3 is 2.24 bits per heavy atom. The van der Waals surface area contributed by atoms with Gasteiger partial charge in [0, 0.05) is 5.56 Å². The molecule has 0 unspecified atom stereocenters. The molecular formula is C21H27NO3. The Balaban J connectivity index is 2.12. The van der Waals surface area contributed by atoms with Gasteiger partial charge in [0.2, 0.25) is 0 Å². The van der Waals surface area contributed by atoms with E-state index >= 15 is 0 Å². The Labute approximate surface area is 150 Å². The van der Waals surface area contributed by atoms with Gasteiger partial charge in [0.05, 0.1) is 19.3 Å². The van der Waals surface area contributed by atoms with Crippen LogP contribution < -0.4 is 14.8 Å². The van der Waals surface area contributed by atoms with Gasteiger partial charge in [-0.2, -0.15) is 0 Å². The lowest BCUT2D eigenvalue weighted by molar-refractivity contribution is 0.0940. The summed E-state index contributed by atoms with van der Waals surface area (Å²) in [7, 11) is 0. The highest BCUT2D eigenvalue weighted by Crippen LogP contribution is 2.31. The van der Waals surface area contributed by atoms with Crippen LogP contribution in [0.2, 0.25) is 0 Å². The van der Waals surface area contributed by atoms with Gasteiger partial charge in [0.25, 0.3) is 5.91 Å². The van der Waals surface area contributed by atoms with E-state index in [2.05, 4.69) is 19.2 Å². The normalized spacial score (nSPS) is 11.6. The molecular weight excluding hydrogens is 314 g/mol. The van der Waals surface area contributed by atoms with Crippen molar-refractivity contribution in [3.8, 4) is 11.5 Å². The predicted octanol–water partition coefficient (Wildman–Crippen LogP) is 4.76. The van der Waals surface area contributed by atoms with Crippen molar-refractivity contribution in [2.75, 3.05) is 13.2 Å². The van der Waals surface area contributed by atoms with Crippen molar-refractivity contribution in [1.29, 1.82) is 0 Å². The molecule has 1 amide bonds. The van der Waals surface area contributed by atoms with Crippen LogP contribution in [0.4, 0.5) is 0 Å². The van der Waals surface area contributed by atoms with Crippen LogP contribution in [-0.2, 0) is 0 Å². The maximum Gasteiger partial charge on any atom is 0.251 e. The fourth-order valence-electron chi connectivity index (χ4n) is 2.40. The summed E-state index contributed by atoms with van der Waals surface area (Å²) in [6.45, 7) is 7.40. The van der Waals surface area contributed by atoms with E-state index in [1.54, 1.807) is 12.1 Å². The van der Waals surface area contributed by atoms with E-state index in [0.717, 1.165) is 29.9 Å². The van der Waals surface area contributed by atoms with Gasteiger partial charge in [-0.1, -0.05) is 38.1 Å². The molecule has 0 aliphatic rings. The molecule has 2 aromatic rings. The maximum absolute atomic E-state index is 12.3. The first-order chi connectivity index (χ1) is 12.2. The lowest BCUT2D eigenvalue weighted by atomic mass is 10.1. The third kappa shape index (κ3) is 5.52. The second-order valence-electron chi connectivity index (χ2n) is 5.96. The largest absolute Gasteiger partial charge is 0.490 e. The molecule has 0 heterocycles. The zero-order chi connectivity index (χ0) is 18.1. The molecule has 2 rings (SSSR count). The molecule has 0 bridgehead atoms. The Kier molecular flexibility index (Phi) is 7.33. The highest BCUT2D eigenvalue weighted by molar-refractivity contribution is 5.94. The zero-order valence-electron chi connectivity index (χ0n) is 15.2. The summed E-state index contributed by atoms with van der Waals surface area (Å²) >= 11 is 0. The van der Waals surface area contributed by atoms with E-state index < -0.39 is 0 Å². The smallest absolute Gasteiger partial charge is 0.251 e. The van der Waals surface area contributed by atoms with E-state index in [-0.39, 0.29) is 11.9 Å². The van der Waals surface area contributed by atoms with Crippen molar-refractivity contribution < 1.29 is 14.3 Å². The number of ether oxygens (including phenoxy) is 2. The van der Waals surface area contributed by atoms with Crippen LogP contribution >= 0.6 is 0 Å². The van der Waals surface area contributed by atoms with E-state index in [4.69, 9.17) is 9.47 Å². The highest BCUT2D eigenvalue weighted by Gasteiger charge is 2.14. The minimum Gasteiger partial charge on any atom is -0.490 e. The molecule has 134 valence electrons. The Bertz CT molecular complexity index is 670. The van der Waals surface area contributed by atoms with E-state index in [0.29, 0.717) is 18.8 Å². The van der Waals surface area contributed by atoms with Gasteiger partial charge in [-0.3, -0.25) is 4.79 Å². The molecule has 0 saturated heterocycles. The standard InChI is InChI=1S/C21H27NO3/c1-4-13-24-19-12-11-18(15-20(19)25-14-5-2)16(3)22-21(23)17-9-7-6-8-10-17/h6-12,15-16H,4-5,13-14H2,1-3H3,(H,22,23)/t16-/m1/s1. The third-order valence-electron chi connectivity index (χ3n) is 3.77. The summed E-state index contributed by atoms with van der Waals surface area (Å²) in [6, 6.07) is 14.9. The average molecular weight is 341 g/mol. The number of carbonyl (C=O) groups is 1. The number of hydrogen-bond acceptors (Lipinski definition) is 3. The van der Waals surface area contributed by atoms with E-state index in [1.165, 1.54) is 0 Å². The quantitative estimate of drug-likeness (QED) is 0.715. The van der Waals surface area contributed by atoms with Crippen molar-refractivity contribution in [3.63, 3.8) is 0 Å². The predicted molar refractivity (Wildman–Crippen MR) is 100 cm³/mol. The first-order valence-corrected chi connectivity index (χ1v) is 8.91. The molecule has 4 heteroatoms. The lowest BCUT2D eigenvalue weighted by Gasteiger charge is -2.18. The van der Waals surface area contributed by atoms with Crippen molar-refractivity contribution in [3.05, 3.63) is 59.7 Å². The number of rotatable bonds is 9. The van der Waals surface area contributed by atoms with Gasteiger partial charge in [-0.05, 0) is 49.6 Å². The van der Waals surface area contributed by atoms with E-state index in [9.17, 15) is 4.79 Å². The summed E-state index contributed by atoms with van der Waals surface area (Å²) in [4.78, 5) is 12.3. The Morgan fingerprint density at radius 2 is 1.60 bits per heavy atom. The van der Waals surface area contributed by atoms with Crippen LogP contribution in [0, 0.1) is 0 Å². The Hall–Kier alpha value is -2.49. The molecule has 25 heavy (non-hydrogen) atoms. The van der Waals surface area contributed by atoms with Crippen molar-refractivity contribution in [1.82, 2.24) is 5.32 Å². The molecule has 0 aliphatic carbocycles. The highest BCUT2D eigenvalue weighted by atomic mass is 16.5. The van der Waals surface area contributed by atoms with Gasteiger partial charge in [0.1, 0.15) is 0 Å². The topological polar surface area (TPSA) is 47.6 Å². The molecule has 1 N–H and O–H groups in total. The van der Waals surface area contributed by atoms with Gasteiger partial charge in [-0.25, -0.2) is 0 Å². The Morgan fingerprint density at radius 1 is 0.960 bits per heavy atom.